The van der Waals surface area contributed by atoms with Crippen LogP contribution >= 0.6 is 0 Å². The van der Waals surface area contributed by atoms with Crippen LogP contribution in [0, 0.1) is 13.8 Å². The van der Waals surface area contributed by atoms with Gasteiger partial charge in [0.05, 0.1) is 21.0 Å². The van der Waals surface area contributed by atoms with Crippen molar-refractivity contribution in [2.24, 2.45) is 0 Å². The fraction of sp³-hybridized carbons (Fsp3) is 0.0690. The van der Waals surface area contributed by atoms with Crippen molar-refractivity contribution in [2.45, 2.75) is 23.6 Å². The van der Waals surface area contributed by atoms with Gasteiger partial charge in [0.1, 0.15) is 5.58 Å². The summed E-state index contributed by atoms with van der Waals surface area (Å²) in [6.45, 7) is 3.60. The number of hydrogen-bond acceptors (Lipinski definition) is 7. The smallest absolute Gasteiger partial charge is 0.344 e. The quantitative estimate of drug-likeness (QED) is 0.222. The molecule has 5 aromatic rings. The molecule has 0 bridgehead atoms. The van der Waals surface area contributed by atoms with E-state index in [0.717, 1.165) is 11.1 Å². The number of benzene rings is 4. The Morgan fingerprint density at radius 2 is 1.18 bits per heavy atom. The van der Waals surface area contributed by atoms with Crippen LogP contribution in [-0.2, 0) is 20.0 Å². The van der Waals surface area contributed by atoms with Crippen molar-refractivity contribution in [3.05, 3.63) is 119 Å². The van der Waals surface area contributed by atoms with Crippen LogP contribution in [0.25, 0.3) is 22.1 Å². The molecule has 0 amide bonds. The van der Waals surface area contributed by atoms with Crippen LogP contribution < -0.4 is 15.1 Å². The molecule has 8 nitrogen and oxygen atoms in total. The zero-order valence-electron chi connectivity index (χ0n) is 21.0. The van der Waals surface area contributed by atoms with Crippen molar-refractivity contribution in [1.29, 1.82) is 0 Å². The lowest BCUT2D eigenvalue weighted by molar-refractivity contribution is 0.563. The first-order valence-electron chi connectivity index (χ1n) is 11.8. The predicted octanol–water partition coefficient (Wildman–Crippen LogP) is 5.24. The molecule has 1 heterocycles. The molecule has 0 saturated carbocycles. The van der Waals surface area contributed by atoms with Gasteiger partial charge < -0.3 is 10.2 Å². The average Bonchev–Trinajstić information content (AvgIpc) is 2.89. The largest absolute Gasteiger partial charge is 0.422 e. The number of nitrogens with zero attached hydrogens (tertiary/aromatic N) is 1. The van der Waals surface area contributed by atoms with Crippen molar-refractivity contribution >= 4 is 42.4 Å². The number of aryl methyl sites for hydroxylation is 2. The Morgan fingerprint density at radius 3 is 1.69 bits per heavy atom. The Hall–Kier alpha value is -4.41. The lowest BCUT2D eigenvalue weighted by Crippen LogP contribution is -2.37. The highest BCUT2D eigenvalue weighted by atomic mass is 32.3. The normalized spacial score (nSPS) is 11.9. The van der Waals surface area contributed by atoms with E-state index in [9.17, 15) is 21.6 Å². The van der Waals surface area contributed by atoms with Crippen LogP contribution in [0.15, 0.2) is 116 Å². The van der Waals surface area contributed by atoms with Crippen molar-refractivity contribution < 1.29 is 21.3 Å². The summed E-state index contributed by atoms with van der Waals surface area (Å²) in [4.78, 5) is 12.3. The molecule has 1 aromatic heterocycles. The Balaban J connectivity index is 1.74. The molecule has 0 unspecified atom stereocenters. The van der Waals surface area contributed by atoms with Crippen LogP contribution in [-0.4, -0.2) is 16.8 Å². The van der Waals surface area contributed by atoms with E-state index in [-0.39, 0.29) is 26.6 Å². The number of fused-ring (bicyclic) bond motifs is 1. The second-order valence-electron chi connectivity index (χ2n) is 9.13. The van der Waals surface area contributed by atoms with Gasteiger partial charge in [-0.2, -0.15) is 3.71 Å². The molecule has 10 heteroatoms. The summed E-state index contributed by atoms with van der Waals surface area (Å²) in [6.07, 6.45) is 0. The van der Waals surface area contributed by atoms with E-state index in [2.05, 4.69) is 0 Å². The average molecular weight is 561 g/mol. The standard InChI is InChI=1S/C29H24N2O6S2/c1-19-3-12-25(13-4-19)38(33,34)31(39(35,36)26-14-5-20(2)6-15-26)24-11-16-28-22(17-24)18-27(29(32)37-28)21-7-9-23(30)10-8-21/h3-18H,30H2,1-2H3. The van der Waals surface area contributed by atoms with Crippen LogP contribution in [0.5, 0.6) is 0 Å². The number of anilines is 2. The van der Waals surface area contributed by atoms with Crippen molar-refractivity contribution in [1.82, 2.24) is 0 Å². The van der Waals surface area contributed by atoms with E-state index in [1.54, 1.807) is 62.4 Å². The third kappa shape index (κ3) is 4.91. The van der Waals surface area contributed by atoms with E-state index in [0.29, 0.717) is 20.3 Å². The predicted molar refractivity (Wildman–Crippen MR) is 152 cm³/mol. The Bertz CT molecular complexity index is 1890. The lowest BCUT2D eigenvalue weighted by atomic mass is 10.1. The van der Waals surface area contributed by atoms with E-state index in [1.807, 2.05) is 0 Å². The van der Waals surface area contributed by atoms with E-state index < -0.39 is 25.7 Å². The molecule has 5 rings (SSSR count). The van der Waals surface area contributed by atoms with Gasteiger partial charge in [0.2, 0.25) is 0 Å². The van der Waals surface area contributed by atoms with Gasteiger partial charge in [-0.3, -0.25) is 0 Å². The third-order valence-electron chi connectivity index (χ3n) is 6.22. The summed E-state index contributed by atoms with van der Waals surface area (Å²) >= 11 is 0. The monoisotopic (exact) mass is 560 g/mol. The number of hydrogen-bond donors (Lipinski definition) is 1. The second kappa shape index (κ2) is 9.72. The summed E-state index contributed by atoms with van der Waals surface area (Å²) in [7, 11) is -9.18. The molecule has 198 valence electrons. The SMILES string of the molecule is Cc1ccc(S(=O)(=O)N(c2ccc3oc(=O)c(-c4ccc(N)cc4)cc3c2)S(=O)(=O)c2ccc(C)cc2)cc1. The van der Waals surface area contributed by atoms with Crippen LogP contribution in [0.2, 0.25) is 0 Å². The minimum atomic E-state index is -4.59. The van der Waals surface area contributed by atoms with E-state index >= 15 is 0 Å². The van der Waals surface area contributed by atoms with Crippen molar-refractivity contribution in [2.75, 3.05) is 9.44 Å². The first-order chi connectivity index (χ1) is 18.5. The number of sulfonamides is 2. The summed E-state index contributed by atoms with van der Waals surface area (Å²) in [5, 5.41) is 0.335. The molecule has 0 aliphatic carbocycles. The number of rotatable bonds is 6. The maximum absolute atomic E-state index is 13.9. The Morgan fingerprint density at radius 1 is 0.667 bits per heavy atom. The molecule has 0 fully saturated rings. The van der Waals surface area contributed by atoms with Gasteiger partial charge in [-0.1, -0.05) is 47.5 Å². The van der Waals surface area contributed by atoms with Gasteiger partial charge in [0.15, 0.2) is 0 Å². The molecule has 0 saturated heterocycles. The van der Waals surface area contributed by atoms with Gasteiger partial charge in [-0.15, -0.1) is 0 Å². The molecule has 39 heavy (non-hydrogen) atoms. The lowest BCUT2D eigenvalue weighted by Gasteiger charge is -2.24. The fourth-order valence-electron chi connectivity index (χ4n) is 4.11. The molecule has 4 aromatic carbocycles. The molecular formula is C29H24N2O6S2. The molecule has 2 N–H and O–H groups in total. The summed E-state index contributed by atoms with van der Waals surface area (Å²) in [5.41, 5.74) is 8.10. The highest BCUT2D eigenvalue weighted by Gasteiger charge is 2.37. The van der Waals surface area contributed by atoms with Gasteiger partial charge >= 0.3 is 5.63 Å². The fourth-order valence-corrected chi connectivity index (χ4v) is 7.78. The zero-order valence-corrected chi connectivity index (χ0v) is 22.7. The maximum Gasteiger partial charge on any atom is 0.344 e. The second-order valence-corrected chi connectivity index (χ2v) is 12.9. The highest BCUT2D eigenvalue weighted by molar-refractivity contribution is 8.10. The molecule has 0 radical (unpaired) electrons. The zero-order chi connectivity index (χ0) is 27.9. The summed E-state index contributed by atoms with van der Waals surface area (Å²) in [5.74, 6) is 0. The Kier molecular flexibility index (Phi) is 6.53. The van der Waals surface area contributed by atoms with E-state index in [4.69, 9.17) is 10.2 Å². The number of nitrogen functional groups attached to an aromatic ring is 1. The van der Waals surface area contributed by atoms with Crippen molar-refractivity contribution in [3.8, 4) is 11.1 Å². The van der Waals surface area contributed by atoms with Gasteiger partial charge in [0.25, 0.3) is 20.0 Å². The summed E-state index contributed by atoms with van der Waals surface area (Å²) in [6, 6.07) is 24.0. The summed E-state index contributed by atoms with van der Waals surface area (Å²) < 4.78 is 61.5. The number of nitrogens with two attached hydrogens (primary N) is 1. The minimum absolute atomic E-state index is 0.138. The first-order valence-corrected chi connectivity index (χ1v) is 14.7. The maximum atomic E-state index is 13.9. The molecule has 0 aliphatic rings. The topological polar surface area (TPSA) is 128 Å². The van der Waals surface area contributed by atoms with Crippen molar-refractivity contribution in [3.63, 3.8) is 0 Å². The van der Waals surface area contributed by atoms with Crippen LogP contribution in [0.1, 0.15) is 11.1 Å². The first kappa shape index (κ1) is 26.2. The molecule has 0 atom stereocenters. The van der Waals surface area contributed by atoms with Crippen LogP contribution in [0.3, 0.4) is 0 Å². The third-order valence-corrected chi connectivity index (χ3v) is 10.4. The van der Waals surface area contributed by atoms with E-state index in [1.165, 1.54) is 48.5 Å². The van der Waals surface area contributed by atoms with Gasteiger partial charge in [-0.25, -0.2) is 21.6 Å². The molecule has 0 aliphatic heterocycles. The highest BCUT2D eigenvalue weighted by Crippen LogP contribution is 2.34. The van der Waals surface area contributed by atoms with Gasteiger partial charge in [-0.05, 0) is 80.1 Å². The Labute approximate surface area is 226 Å². The van der Waals surface area contributed by atoms with Gasteiger partial charge in [0, 0.05) is 11.1 Å². The molecular weight excluding hydrogens is 536 g/mol. The minimum Gasteiger partial charge on any atom is -0.422 e. The van der Waals surface area contributed by atoms with Crippen LogP contribution in [0.4, 0.5) is 11.4 Å². The molecule has 0 spiro atoms.